The van der Waals surface area contributed by atoms with Crippen molar-refractivity contribution in [2.24, 2.45) is 0 Å². The van der Waals surface area contributed by atoms with E-state index in [0.717, 1.165) is 0 Å². The molecule has 2 saturated heterocycles. The number of ether oxygens (including phenoxy) is 1. The SMILES string of the molecule is CCC1(C(=O)O)CCCN1C(=O)N1CC(CO)OCC1C. The molecular weight excluding hydrogens is 276 g/mol. The molecule has 0 bridgehead atoms. The minimum atomic E-state index is -1.09. The van der Waals surface area contributed by atoms with Gasteiger partial charge >= 0.3 is 12.0 Å². The number of aliphatic hydroxyl groups excluding tert-OH is 1. The molecule has 0 aromatic rings. The van der Waals surface area contributed by atoms with E-state index in [1.807, 2.05) is 6.92 Å². The molecule has 7 heteroatoms. The fourth-order valence-corrected chi connectivity index (χ4v) is 3.25. The molecule has 0 aliphatic carbocycles. The van der Waals surface area contributed by atoms with Crippen LogP contribution >= 0.6 is 0 Å². The van der Waals surface area contributed by atoms with Crippen molar-refractivity contribution in [3.05, 3.63) is 0 Å². The maximum atomic E-state index is 12.8. The molecule has 2 fully saturated rings. The zero-order chi connectivity index (χ0) is 15.6. The Hall–Kier alpha value is -1.34. The molecule has 3 atom stereocenters. The minimum absolute atomic E-state index is 0.121. The van der Waals surface area contributed by atoms with Gasteiger partial charge in [0.15, 0.2) is 0 Å². The first-order chi connectivity index (χ1) is 9.96. The average Bonchev–Trinajstić information content (AvgIpc) is 2.92. The highest BCUT2D eigenvalue weighted by Gasteiger charge is 2.50. The number of carbonyl (C=O) groups is 2. The van der Waals surface area contributed by atoms with Crippen LogP contribution in [0.25, 0.3) is 0 Å². The topological polar surface area (TPSA) is 90.3 Å². The summed E-state index contributed by atoms with van der Waals surface area (Å²) >= 11 is 0. The number of nitrogens with zero attached hydrogens (tertiary/aromatic N) is 2. The number of carboxylic acid groups (broad SMARTS) is 1. The van der Waals surface area contributed by atoms with Crippen LogP contribution in [0.5, 0.6) is 0 Å². The van der Waals surface area contributed by atoms with Gasteiger partial charge in [0, 0.05) is 6.54 Å². The lowest BCUT2D eigenvalue weighted by atomic mass is 9.93. The lowest BCUT2D eigenvalue weighted by Gasteiger charge is -2.43. The van der Waals surface area contributed by atoms with E-state index in [9.17, 15) is 19.8 Å². The Morgan fingerprint density at radius 1 is 1.43 bits per heavy atom. The molecule has 2 aliphatic rings. The molecule has 2 rings (SSSR count). The molecule has 2 amide bonds. The minimum Gasteiger partial charge on any atom is -0.479 e. The van der Waals surface area contributed by atoms with Gasteiger partial charge in [-0.2, -0.15) is 0 Å². The number of amides is 2. The molecule has 2 N–H and O–H groups in total. The van der Waals surface area contributed by atoms with Crippen LogP contribution in [0.15, 0.2) is 0 Å². The molecule has 0 saturated carbocycles. The third-order valence-electron chi connectivity index (χ3n) is 4.66. The first-order valence-corrected chi connectivity index (χ1v) is 7.50. The highest BCUT2D eigenvalue weighted by molar-refractivity contribution is 5.87. The third-order valence-corrected chi connectivity index (χ3v) is 4.66. The first kappa shape index (κ1) is 16.0. The maximum Gasteiger partial charge on any atom is 0.329 e. The van der Waals surface area contributed by atoms with Crippen LogP contribution in [0, 0.1) is 0 Å². The van der Waals surface area contributed by atoms with E-state index >= 15 is 0 Å². The molecule has 3 unspecified atom stereocenters. The van der Waals surface area contributed by atoms with Gasteiger partial charge in [-0.05, 0) is 26.2 Å². The molecule has 120 valence electrons. The van der Waals surface area contributed by atoms with Gasteiger partial charge in [-0.3, -0.25) is 0 Å². The Kier molecular flexibility index (Phi) is 4.73. The van der Waals surface area contributed by atoms with E-state index in [0.29, 0.717) is 39.0 Å². The van der Waals surface area contributed by atoms with Crippen molar-refractivity contribution in [1.82, 2.24) is 9.80 Å². The van der Waals surface area contributed by atoms with Gasteiger partial charge in [-0.15, -0.1) is 0 Å². The lowest BCUT2D eigenvalue weighted by molar-refractivity contribution is -0.149. The summed E-state index contributed by atoms with van der Waals surface area (Å²) in [6.07, 6.45) is 1.20. The van der Waals surface area contributed by atoms with Crippen molar-refractivity contribution in [2.75, 3.05) is 26.3 Å². The number of rotatable bonds is 3. The molecule has 2 aliphatic heterocycles. The Morgan fingerprint density at radius 2 is 2.14 bits per heavy atom. The quantitative estimate of drug-likeness (QED) is 0.793. The fourth-order valence-electron chi connectivity index (χ4n) is 3.25. The second-order valence-corrected chi connectivity index (χ2v) is 5.87. The summed E-state index contributed by atoms with van der Waals surface area (Å²) in [5.41, 5.74) is -1.09. The predicted octanol–water partition coefficient (Wildman–Crippen LogP) is 0.517. The van der Waals surface area contributed by atoms with E-state index in [1.54, 1.807) is 11.8 Å². The van der Waals surface area contributed by atoms with Crippen LogP contribution < -0.4 is 0 Å². The van der Waals surface area contributed by atoms with Gasteiger partial charge in [0.25, 0.3) is 0 Å². The summed E-state index contributed by atoms with van der Waals surface area (Å²) in [7, 11) is 0. The zero-order valence-electron chi connectivity index (χ0n) is 12.6. The number of likely N-dealkylation sites (tertiary alicyclic amines) is 1. The number of hydrogen-bond acceptors (Lipinski definition) is 4. The summed E-state index contributed by atoms with van der Waals surface area (Å²) in [6.45, 7) is 4.65. The lowest BCUT2D eigenvalue weighted by Crippen LogP contribution is -2.61. The van der Waals surface area contributed by atoms with Crippen molar-refractivity contribution < 1.29 is 24.5 Å². The van der Waals surface area contributed by atoms with E-state index < -0.39 is 17.6 Å². The molecule has 0 radical (unpaired) electrons. The Balaban J connectivity index is 2.19. The van der Waals surface area contributed by atoms with E-state index in [4.69, 9.17) is 4.74 Å². The van der Waals surface area contributed by atoms with Gasteiger partial charge in [0.05, 0.1) is 31.9 Å². The van der Waals surface area contributed by atoms with Crippen LogP contribution in [-0.4, -0.2) is 76.0 Å². The number of carbonyl (C=O) groups excluding carboxylic acids is 1. The Labute approximate surface area is 124 Å². The fraction of sp³-hybridized carbons (Fsp3) is 0.857. The van der Waals surface area contributed by atoms with Crippen molar-refractivity contribution >= 4 is 12.0 Å². The van der Waals surface area contributed by atoms with Crippen molar-refractivity contribution in [2.45, 2.75) is 50.8 Å². The van der Waals surface area contributed by atoms with Gasteiger partial charge in [-0.1, -0.05) is 6.92 Å². The van der Waals surface area contributed by atoms with Gasteiger partial charge < -0.3 is 24.7 Å². The van der Waals surface area contributed by atoms with Gasteiger partial charge in [0.2, 0.25) is 0 Å². The second-order valence-electron chi connectivity index (χ2n) is 5.87. The smallest absolute Gasteiger partial charge is 0.329 e. The summed E-state index contributed by atoms with van der Waals surface area (Å²) in [5, 5.41) is 18.8. The monoisotopic (exact) mass is 300 g/mol. The maximum absolute atomic E-state index is 12.8. The number of aliphatic carboxylic acids is 1. The number of morpholine rings is 1. The third kappa shape index (κ3) is 2.72. The molecule has 0 aromatic heterocycles. The zero-order valence-corrected chi connectivity index (χ0v) is 12.6. The normalized spacial score (nSPS) is 33.3. The summed E-state index contributed by atoms with van der Waals surface area (Å²) in [6, 6.07) is -0.379. The number of carboxylic acids is 1. The van der Waals surface area contributed by atoms with Crippen molar-refractivity contribution in [1.29, 1.82) is 0 Å². The van der Waals surface area contributed by atoms with Crippen LogP contribution in [0.2, 0.25) is 0 Å². The van der Waals surface area contributed by atoms with Crippen molar-refractivity contribution in [3.63, 3.8) is 0 Å². The van der Waals surface area contributed by atoms with Crippen LogP contribution in [0.3, 0.4) is 0 Å². The highest BCUT2D eigenvalue weighted by Crippen LogP contribution is 2.34. The van der Waals surface area contributed by atoms with Crippen LogP contribution in [0.1, 0.15) is 33.1 Å². The van der Waals surface area contributed by atoms with Crippen LogP contribution in [-0.2, 0) is 9.53 Å². The summed E-state index contributed by atoms with van der Waals surface area (Å²) < 4.78 is 5.43. The standard InChI is InChI=1S/C14H24N2O5/c1-3-14(12(18)19)5-4-6-16(14)13(20)15-7-11(8-17)21-9-10(15)2/h10-11,17H,3-9H2,1-2H3,(H,18,19). The molecule has 2 heterocycles. The Morgan fingerprint density at radius 3 is 2.71 bits per heavy atom. The van der Waals surface area contributed by atoms with E-state index in [2.05, 4.69) is 0 Å². The van der Waals surface area contributed by atoms with Crippen LogP contribution in [0.4, 0.5) is 4.79 Å². The second kappa shape index (κ2) is 6.19. The number of aliphatic hydroxyl groups is 1. The predicted molar refractivity (Wildman–Crippen MR) is 75.0 cm³/mol. The first-order valence-electron chi connectivity index (χ1n) is 7.50. The van der Waals surface area contributed by atoms with E-state index in [1.165, 1.54) is 4.90 Å². The number of urea groups is 1. The molecule has 7 nitrogen and oxygen atoms in total. The number of hydrogen-bond donors (Lipinski definition) is 2. The van der Waals surface area contributed by atoms with Gasteiger partial charge in [0.1, 0.15) is 5.54 Å². The molecule has 0 aromatic carbocycles. The molecular formula is C14H24N2O5. The van der Waals surface area contributed by atoms with Gasteiger partial charge in [-0.25, -0.2) is 9.59 Å². The Bertz CT molecular complexity index is 416. The average molecular weight is 300 g/mol. The van der Waals surface area contributed by atoms with E-state index in [-0.39, 0.29) is 18.7 Å². The molecule has 0 spiro atoms. The highest BCUT2D eigenvalue weighted by atomic mass is 16.5. The summed E-state index contributed by atoms with van der Waals surface area (Å²) in [5.74, 6) is -0.935. The molecule has 21 heavy (non-hydrogen) atoms. The van der Waals surface area contributed by atoms with Crippen molar-refractivity contribution in [3.8, 4) is 0 Å². The summed E-state index contributed by atoms with van der Waals surface area (Å²) in [4.78, 5) is 27.6. The largest absolute Gasteiger partial charge is 0.479 e.